The lowest BCUT2D eigenvalue weighted by atomic mass is 9.49. The van der Waals surface area contributed by atoms with Gasteiger partial charge in [-0.05, 0) is 55.8 Å². The number of hydrogen-bond donors (Lipinski definition) is 1. The number of nitrogens with one attached hydrogen (secondary N) is 1. The molecule has 0 amide bonds. The molecule has 0 aromatic rings. The molecule has 4 bridgehead atoms. The van der Waals surface area contributed by atoms with Crippen LogP contribution in [0.3, 0.4) is 0 Å². The van der Waals surface area contributed by atoms with Gasteiger partial charge in [0.1, 0.15) is 0 Å². The molecule has 0 radical (unpaired) electrons. The van der Waals surface area contributed by atoms with Crippen molar-refractivity contribution >= 4 is 0 Å². The Morgan fingerprint density at radius 2 is 1.60 bits per heavy atom. The molecule has 1 heterocycles. The molecule has 84 valence electrons. The fraction of sp³-hybridized carbons (Fsp3) is 1.00. The molecule has 5 rings (SSSR count). The van der Waals surface area contributed by atoms with Crippen LogP contribution in [0.25, 0.3) is 0 Å². The number of ether oxygens (including phenoxy) is 1. The normalized spacial score (nSPS) is 57.6. The molecule has 1 spiro atoms. The van der Waals surface area contributed by atoms with E-state index >= 15 is 0 Å². The summed E-state index contributed by atoms with van der Waals surface area (Å²) in [5.74, 6) is 3.90. The van der Waals surface area contributed by atoms with Crippen molar-refractivity contribution in [1.82, 2.24) is 5.32 Å². The van der Waals surface area contributed by atoms with Gasteiger partial charge in [0.15, 0.2) is 0 Å². The smallest absolute Gasteiger partial charge is 0.0863 e. The zero-order valence-corrected chi connectivity index (χ0v) is 9.37. The third-order valence-electron chi connectivity index (χ3n) is 5.57. The Hall–Kier alpha value is -0.0800. The summed E-state index contributed by atoms with van der Waals surface area (Å²) in [5, 5.41) is 3.58. The predicted octanol–water partition coefficient (Wildman–Crippen LogP) is 1.80. The quantitative estimate of drug-likeness (QED) is 0.654. The fourth-order valence-electron chi connectivity index (χ4n) is 5.15. The Bertz CT molecular complexity index is 240. The minimum Gasteiger partial charge on any atom is -0.372 e. The van der Waals surface area contributed by atoms with Gasteiger partial charge in [-0.25, -0.2) is 0 Å². The van der Waals surface area contributed by atoms with Crippen LogP contribution < -0.4 is 5.32 Å². The number of rotatable bonds is 0. The van der Waals surface area contributed by atoms with E-state index in [1.165, 1.54) is 32.1 Å². The van der Waals surface area contributed by atoms with Crippen molar-refractivity contribution in [1.29, 1.82) is 0 Å². The monoisotopic (exact) mass is 207 g/mol. The Kier molecular flexibility index (Phi) is 1.79. The summed E-state index contributed by atoms with van der Waals surface area (Å²) in [6, 6.07) is 0. The molecule has 5 fully saturated rings. The first-order valence-corrected chi connectivity index (χ1v) is 6.71. The zero-order valence-electron chi connectivity index (χ0n) is 9.37. The van der Waals surface area contributed by atoms with Crippen LogP contribution in [0.2, 0.25) is 0 Å². The second-order valence-electron chi connectivity index (χ2n) is 6.28. The highest BCUT2D eigenvalue weighted by Gasteiger charge is 2.58. The van der Waals surface area contributed by atoms with Gasteiger partial charge in [-0.3, -0.25) is 0 Å². The lowest BCUT2D eigenvalue weighted by Crippen LogP contribution is -2.65. The molecule has 0 aromatic heterocycles. The van der Waals surface area contributed by atoms with Gasteiger partial charge >= 0.3 is 0 Å². The van der Waals surface area contributed by atoms with Crippen molar-refractivity contribution in [2.45, 2.75) is 37.7 Å². The van der Waals surface area contributed by atoms with E-state index in [4.69, 9.17) is 4.74 Å². The summed E-state index contributed by atoms with van der Waals surface area (Å²) in [6.45, 7) is 3.15. The van der Waals surface area contributed by atoms with Gasteiger partial charge in [0.25, 0.3) is 0 Å². The summed E-state index contributed by atoms with van der Waals surface area (Å²) in [6.07, 6.45) is 7.41. The van der Waals surface area contributed by atoms with Crippen LogP contribution in [-0.4, -0.2) is 25.3 Å². The summed E-state index contributed by atoms with van der Waals surface area (Å²) < 4.78 is 6.28. The van der Waals surface area contributed by atoms with E-state index in [0.29, 0.717) is 0 Å². The lowest BCUT2D eigenvalue weighted by molar-refractivity contribution is -0.212. The first-order valence-electron chi connectivity index (χ1n) is 6.71. The number of morpholine rings is 1. The molecule has 4 saturated carbocycles. The van der Waals surface area contributed by atoms with E-state index < -0.39 is 0 Å². The molecule has 4 aliphatic carbocycles. The van der Waals surface area contributed by atoms with Crippen LogP contribution >= 0.6 is 0 Å². The highest BCUT2D eigenvalue weighted by molar-refractivity contribution is 5.09. The highest BCUT2D eigenvalue weighted by atomic mass is 16.5. The number of hydrogen-bond acceptors (Lipinski definition) is 2. The van der Waals surface area contributed by atoms with Crippen LogP contribution in [0, 0.1) is 23.7 Å². The van der Waals surface area contributed by atoms with Gasteiger partial charge in [0, 0.05) is 13.1 Å². The molecule has 1 saturated heterocycles. The maximum Gasteiger partial charge on any atom is 0.0863 e. The fourth-order valence-corrected chi connectivity index (χ4v) is 5.15. The standard InChI is InChI=1S/C13H21NO/c1-2-15-13(8-14-1)11-4-9-3-10(6-11)7-12(13)5-9/h9-12,14H,1-8H2. The molecular weight excluding hydrogens is 186 g/mol. The van der Waals surface area contributed by atoms with Crippen LogP contribution in [0.4, 0.5) is 0 Å². The Balaban J connectivity index is 1.69. The van der Waals surface area contributed by atoms with Crippen LogP contribution in [0.5, 0.6) is 0 Å². The van der Waals surface area contributed by atoms with Gasteiger partial charge in [0.05, 0.1) is 12.2 Å². The molecule has 0 aromatic carbocycles. The summed E-state index contributed by atoms with van der Waals surface area (Å²) in [4.78, 5) is 0. The van der Waals surface area contributed by atoms with E-state index in [9.17, 15) is 0 Å². The predicted molar refractivity (Wildman–Crippen MR) is 58.6 cm³/mol. The minimum atomic E-state index is 0.270. The van der Waals surface area contributed by atoms with Crippen molar-refractivity contribution in [3.63, 3.8) is 0 Å². The van der Waals surface area contributed by atoms with Gasteiger partial charge in [0.2, 0.25) is 0 Å². The Morgan fingerprint density at radius 3 is 2.13 bits per heavy atom. The van der Waals surface area contributed by atoms with E-state index in [2.05, 4.69) is 5.32 Å². The largest absolute Gasteiger partial charge is 0.372 e. The summed E-state index contributed by atoms with van der Waals surface area (Å²) in [7, 11) is 0. The first-order chi connectivity index (χ1) is 7.37. The molecule has 2 nitrogen and oxygen atoms in total. The van der Waals surface area contributed by atoms with Gasteiger partial charge < -0.3 is 10.1 Å². The molecule has 5 aliphatic rings. The van der Waals surface area contributed by atoms with Crippen molar-refractivity contribution in [3.8, 4) is 0 Å². The average molecular weight is 207 g/mol. The summed E-state index contributed by atoms with van der Waals surface area (Å²) in [5.41, 5.74) is 0.270. The van der Waals surface area contributed by atoms with Gasteiger partial charge in [-0.15, -0.1) is 0 Å². The third kappa shape index (κ3) is 1.13. The molecule has 0 unspecified atom stereocenters. The maximum atomic E-state index is 6.28. The molecule has 2 heteroatoms. The zero-order chi connectivity index (χ0) is 9.88. The van der Waals surface area contributed by atoms with E-state index in [-0.39, 0.29) is 5.60 Å². The van der Waals surface area contributed by atoms with Crippen LogP contribution in [0.15, 0.2) is 0 Å². The lowest BCUT2D eigenvalue weighted by Gasteiger charge is -2.61. The van der Waals surface area contributed by atoms with Crippen LogP contribution in [-0.2, 0) is 4.74 Å². The van der Waals surface area contributed by atoms with Crippen molar-refractivity contribution in [2.75, 3.05) is 19.7 Å². The van der Waals surface area contributed by atoms with E-state index in [0.717, 1.165) is 43.4 Å². The average Bonchev–Trinajstić information content (AvgIpc) is 2.26. The second kappa shape index (κ2) is 2.98. The van der Waals surface area contributed by atoms with Gasteiger partial charge in [-0.1, -0.05) is 0 Å². The SMILES string of the molecule is C1COC2(CN1)C1CC3CC(C1)CC2C3. The highest BCUT2D eigenvalue weighted by Crippen LogP contribution is 2.59. The maximum absolute atomic E-state index is 6.28. The Morgan fingerprint density at radius 1 is 0.933 bits per heavy atom. The molecule has 0 atom stereocenters. The first kappa shape index (κ1) is 9.00. The van der Waals surface area contributed by atoms with E-state index in [1.807, 2.05) is 0 Å². The van der Waals surface area contributed by atoms with Crippen molar-refractivity contribution in [3.05, 3.63) is 0 Å². The molecule has 1 aliphatic heterocycles. The second-order valence-corrected chi connectivity index (χ2v) is 6.28. The third-order valence-corrected chi connectivity index (χ3v) is 5.57. The molecular formula is C13H21NO. The summed E-state index contributed by atoms with van der Waals surface area (Å²) >= 11 is 0. The molecule has 1 N–H and O–H groups in total. The van der Waals surface area contributed by atoms with E-state index in [1.54, 1.807) is 0 Å². The van der Waals surface area contributed by atoms with Gasteiger partial charge in [-0.2, -0.15) is 0 Å². The Labute approximate surface area is 91.8 Å². The molecule has 15 heavy (non-hydrogen) atoms. The van der Waals surface area contributed by atoms with Crippen LogP contribution in [0.1, 0.15) is 32.1 Å². The topological polar surface area (TPSA) is 21.3 Å². The van der Waals surface area contributed by atoms with Crippen molar-refractivity contribution in [2.24, 2.45) is 23.7 Å². The minimum absolute atomic E-state index is 0.270. The van der Waals surface area contributed by atoms with Crippen molar-refractivity contribution < 1.29 is 4.74 Å².